The third-order valence-corrected chi connectivity index (χ3v) is 4.87. The Bertz CT molecular complexity index is 1070. The van der Waals surface area contributed by atoms with Crippen molar-refractivity contribution in [1.82, 2.24) is 35.2 Å². The number of carbonyl (C=O) groups excluding carboxylic acids is 1. The van der Waals surface area contributed by atoms with Crippen LogP contribution in [0.1, 0.15) is 29.7 Å². The molecule has 0 aliphatic heterocycles. The number of nitrogens with one attached hydrogen (secondary N) is 2. The standard InChI is InChI=1S/C22H23N7O/c1-17(18-7-9-21(10-8-18)29-16-23-15-26-29)27-22(30)24-13-19-5-2-3-6-20(19)14-28-12-4-11-25-28/h2-12,15-17H,13-14H2,1H3,(H2,24,27,30). The second-order valence-corrected chi connectivity index (χ2v) is 6.95. The zero-order valence-corrected chi connectivity index (χ0v) is 16.6. The third kappa shape index (κ3) is 4.72. The van der Waals surface area contributed by atoms with Crippen LogP contribution in [0.3, 0.4) is 0 Å². The van der Waals surface area contributed by atoms with Gasteiger partial charge in [0.1, 0.15) is 12.7 Å². The summed E-state index contributed by atoms with van der Waals surface area (Å²) in [6.07, 6.45) is 6.82. The highest BCUT2D eigenvalue weighted by Gasteiger charge is 2.11. The number of nitrogens with zero attached hydrogens (tertiary/aromatic N) is 5. The van der Waals surface area contributed by atoms with E-state index in [2.05, 4.69) is 31.9 Å². The molecular weight excluding hydrogens is 378 g/mol. The number of carbonyl (C=O) groups is 1. The van der Waals surface area contributed by atoms with E-state index in [1.54, 1.807) is 17.2 Å². The van der Waals surface area contributed by atoms with Gasteiger partial charge in [-0.3, -0.25) is 4.68 Å². The molecule has 0 aliphatic rings. The van der Waals surface area contributed by atoms with E-state index in [4.69, 9.17) is 0 Å². The van der Waals surface area contributed by atoms with Crippen LogP contribution in [-0.4, -0.2) is 30.6 Å². The molecule has 2 aromatic heterocycles. The predicted molar refractivity (Wildman–Crippen MR) is 113 cm³/mol. The summed E-state index contributed by atoms with van der Waals surface area (Å²) in [4.78, 5) is 16.4. The van der Waals surface area contributed by atoms with Crippen LogP contribution in [0, 0.1) is 0 Å². The van der Waals surface area contributed by atoms with Crippen molar-refractivity contribution in [2.24, 2.45) is 0 Å². The highest BCUT2D eigenvalue weighted by molar-refractivity contribution is 5.74. The van der Waals surface area contributed by atoms with Gasteiger partial charge >= 0.3 is 6.03 Å². The fourth-order valence-corrected chi connectivity index (χ4v) is 3.22. The van der Waals surface area contributed by atoms with Crippen LogP contribution >= 0.6 is 0 Å². The Labute approximate surface area is 174 Å². The fourth-order valence-electron chi connectivity index (χ4n) is 3.22. The maximum absolute atomic E-state index is 12.4. The minimum absolute atomic E-state index is 0.130. The number of hydrogen-bond acceptors (Lipinski definition) is 4. The van der Waals surface area contributed by atoms with Gasteiger partial charge in [-0.05, 0) is 41.8 Å². The monoisotopic (exact) mass is 401 g/mol. The van der Waals surface area contributed by atoms with E-state index in [0.717, 1.165) is 22.4 Å². The van der Waals surface area contributed by atoms with Crippen molar-refractivity contribution >= 4 is 6.03 Å². The molecule has 0 fully saturated rings. The van der Waals surface area contributed by atoms with E-state index in [1.165, 1.54) is 6.33 Å². The molecule has 0 bridgehead atoms. The van der Waals surface area contributed by atoms with E-state index < -0.39 is 0 Å². The number of hydrogen-bond donors (Lipinski definition) is 2. The summed E-state index contributed by atoms with van der Waals surface area (Å²) in [5, 5.41) is 14.3. The molecule has 2 aromatic carbocycles. The topological polar surface area (TPSA) is 89.7 Å². The zero-order chi connectivity index (χ0) is 20.8. The highest BCUT2D eigenvalue weighted by Crippen LogP contribution is 2.15. The summed E-state index contributed by atoms with van der Waals surface area (Å²) >= 11 is 0. The van der Waals surface area contributed by atoms with Crippen molar-refractivity contribution < 1.29 is 4.79 Å². The molecule has 4 aromatic rings. The Morgan fingerprint density at radius 3 is 2.53 bits per heavy atom. The van der Waals surface area contributed by atoms with Gasteiger partial charge in [0, 0.05) is 18.9 Å². The van der Waals surface area contributed by atoms with Gasteiger partial charge in [-0.25, -0.2) is 14.5 Å². The molecule has 2 amide bonds. The lowest BCUT2D eigenvalue weighted by molar-refractivity contribution is 0.237. The van der Waals surface area contributed by atoms with Crippen LogP contribution in [0.2, 0.25) is 0 Å². The average molecular weight is 401 g/mol. The van der Waals surface area contributed by atoms with Crippen LogP contribution in [0.25, 0.3) is 5.69 Å². The molecule has 1 atom stereocenters. The minimum Gasteiger partial charge on any atom is -0.334 e. The van der Waals surface area contributed by atoms with Gasteiger partial charge < -0.3 is 10.6 Å². The molecule has 30 heavy (non-hydrogen) atoms. The Hall–Kier alpha value is -3.94. The minimum atomic E-state index is -0.211. The molecule has 0 spiro atoms. The first-order valence-corrected chi connectivity index (χ1v) is 9.72. The quantitative estimate of drug-likeness (QED) is 0.498. The first-order valence-electron chi connectivity index (χ1n) is 9.72. The van der Waals surface area contributed by atoms with Crippen molar-refractivity contribution in [3.63, 3.8) is 0 Å². The Balaban J connectivity index is 1.33. The van der Waals surface area contributed by atoms with Gasteiger partial charge in [0.05, 0.1) is 18.3 Å². The second-order valence-electron chi connectivity index (χ2n) is 6.95. The molecule has 0 aliphatic carbocycles. The lowest BCUT2D eigenvalue weighted by Crippen LogP contribution is -2.36. The van der Waals surface area contributed by atoms with E-state index in [1.807, 2.05) is 66.3 Å². The highest BCUT2D eigenvalue weighted by atomic mass is 16.2. The summed E-state index contributed by atoms with van der Waals surface area (Å²) in [6, 6.07) is 17.4. The molecule has 4 rings (SSSR count). The van der Waals surface area contributed by atoms with Gasteiger partial charge in [-0.2, -0.15) is 10.2 Å². The summed E-state index contributed by atoms with van der Waals surface area (Å²) in [7, 11) is 0. The Morgan fingerprint density at radius 1 is 1.03 bits per heavy atom. The van der Waals surface area contributed by atoms with Crippen LogP contribution in [-0.2, 0) is 13.1 Å². The molecule has 0 saturated carbocycles. The third-order valence-electron chi connectivity index (χ3n) is 4.87. The lowest BCUT2D eigenvalue weighted by atomic mass is 10.1. The second kappa shape index (κ2) is 9.04. The summed E-state index contributed by atoms with van der Waals surface area (Å²) in [5.41, 5.74) is 4.11. The smallest absolute Gasteiger partial charge is 0.315 e. The molecule has 0 radical (unpaired) electrons. The molecule has 8 heteroatoms. The normalized spacial score (nSPS) is 11.8. The Kier molecular flexibility index (Phi) is 5.84. The van der Waals surface area contributed by atoms with Crippen LogP contribution in [0.4, 0.5) is 4.79 Å². The summed E-state index contributed by atoms with van der Waals surface area (Å²) in [5.74, 6) is 0. The maximum atomic E-state index is 12.4. The van der Waals surface area contributed by atoms with Crippen molar-refractivity contribution in [3.05, 3.63) is 96.3 Å². The zero-order valence-electron chi connectivity index (χ0n) is 16.6. The van der Waals surface area contributed by atoms with Crippen LogP contribution in [0.5, 0.6) is 0 Å². The molecule has 1 unspecified atom stereocenters. The van der Waals surface area contributed by atoms with Gasteiger partial charge in [-0.1, -0.05) is 36.4 Å². The maximum Gasteiger partial charge on any atom is 0.315 e. The molecule has 8 nitrogen and oxygen atoms in total. The average Bonchev–Trinajstić information content (AvgIpc) is 3.48. The van der Waals surface area contributed by atoms with Gasteiger partial charge in [-0.15, -0.1) is 0 Å². The summed E-state index contributed by atoms with van der Waals surface area (Å²) in [6.45, 7) is 3.07. The van der Waals surface area contributed by atoms with Gasteiger partial charge in [0.25, 0.3) is 0 Å². The summed E-state index contributed by atoms with van der Waals surface area (Å²) < 4.78 is 3.55. The van der Waals surface area contributed by atoms with E-state index >= 15 is 0 Å². The number of benzene rings is 2. The van der Waals surface area contributed by atoms with Crippen molar-refractivity contribution in [1.29, 1.82) is 0 Å². The van der Waals surface area contributed by atoms with Crippen LogP contribution < -0.4 is 10.6 Å². The van der Waals surface area contributed by atoms with Crippen LogP contribution in [0.15, 0.2) is 79.6 Å². The number of urea groups is 1. The van der Waals surface area contributed by atoms with Crippen molar-refractivity contribution in [3.8, 4) is 5.69 Å². The van der Waals surface area contributed by atoms with Crippen molar-refractivity contribution in [2.45, 2.75) is 26.1 Å². The molecule has 0 saturated heterocycles. The predicted octanol–water partition coefficient (Wildman–Crippen LogP) is 3.07. The van der Waals surface area contributed by atoms with E-state index in [9.17, 15) is 4.79 Å². The first kappa shape index (κ1) is 19.4. The Morgan fingerprint density at radius 2 is 1.83 bits per heavy atom. The van der Waals surface area contributed by atoms with E-state index in [0.29, 0.717) is 13.1 Å². The SMILES string of the molecule is CC(NC(=O)NCc1ccccc1Cn1cccn1)c1ccc(-n2cncn2)cc1. The molecular formula is C22H23N7O. The molecule has 2 heterocycles. The fraction of sp³-hybridized carbons (Fsp3) is 0.182. The number of aromatic nitrogens is 5. The molecule has 2 N–H and O–H groups in total. The lowest BCUT2D eigenvalue weighted by Gasteiger charge is -2.16. The van der Waals surface area contributed by atoms with Gasteiger partial charge in [0.2, 0.25) is 0 Å². The largest absolute Gasteiger partial charge is 0.334 e. The number of rotatable bonds is 7. The van der Waals surface area contributed by atoms with Gasteiger partial charge in [0.15, 0.2) is 0 Å². The number of amides is 2. The van der Waals surface area contributed by atoms with E-state index in [-0.39, 0.29) is 12.1 Å². The van der Waals surface area contributed by atoms with Crippen molar-refractivity contribution in [2.75, 3.05) is 0 Å². The first-order chi connectivity index (χ1) is 14.7. The molecule has 152 valence electrons.